The van der Waals surface area contributed by atoms with E-state index < -0.39 is 0 Å². The summed E-state index contributed by atoms with van der Waals surface area (Å²) >= 11 is 1.97. The van der Waals surface area contributed by atoms with Crippen LogP contribution in [0.3, 0.4) is 0 Å². The van der Waals surface area contributed by atoms with E-state index in [4.69, 9.17) is 4.74 Å². The average molecular weight is 281 g/mol. The van der Waals surface area contributed by atoms with Gasteiger partial charge < -0.3 is 15.4 Å². The second kappa shape index (κ2) is 6.83. The molecule has 2 heterocycles. The summed E-state index contributed by atoms with van der Waals surface area (Å²) in [7, 11) is 0. The first-order chi connectivity index (χ1) is 7.70. The lowest BCUT2D eigenvalue weighted by Gasteiger charge is -2.27. The lowest BCUT2D eigenvalue weighted by atomic mass is 10.1. The normalized spacial score (nSPS) is 32.9. The Balaban J connectivity index is 0.00000144. The molecule has 4 nitrogen and oxygen atoms in total. The van der Waals surface area contributed by atoms with E-state index in [0.29, 0.717) is 13.2 Å². The minimum Gasteiger partial charge on any atom is -0.378 e. The molecule has 6 heteroatoms. The summed E-state index contributed by atoms with van der Waals surface area (Å²) in [6.07, 6.45) is 2.47. The predicted molar refractivity (Wildman–Crippen MR) is 73.0 cm³/mol. The highest BCUT2D eigenvalue weighted by Gasteiger charge is 2.31. The van der Waals surface area contributed by atoms with Gasteiger partial charge in [0.2, 0.25) is 5.91 Å². The second-order valence-corrected chi connectivity index (χ2v) is 6.38. The SMILES string of the molecule is CC1(CNC(=O)C2COCCN2)CCCS1.Cl. The van der Waals surface area contributed by atoms with E-state index in [1.54, 1.807) is 0 Å². The van der Waals surface area contributed by atoms with Crippen LogP contribution in [0.15, 0.2) is 0 Å². The molecule has 2 atom stereocenters. The Bertz CT molecular complexity index is 254. The molecule has 17 heavy (non-hydrogen) atoms. The molecule has 0 bridgehead atoms. The number of hydrogen-bond acceptors (Lipinski definition) is 4. The molecule has 2 fully saturated rings. The van der Waals surface area contributed by atoms with Gasteiger partial charge in [-0.2, -0.15) is 11.8 Å². The third-order valence-corrected chi connectivity index (χ3v) is 4.71. The maximum atomic E-state index is 11.8. The molecule has 0 saturated carbocycles. The fraction of sp³-hybridized carbons (Fsp3) is 0.909. The zero-order valence-electron chi connectivity index (χ0n) is 10.2. The van der Waals surface area contributed by atoms with E-state index in [2.05, 4.69) is 17.6 Å². The van der Waals surface area contributed by atoms with Gasteiger partial charge in [-0.1, -0.05) is 0 Å². The summed E-state index contributed by atoms with van der Waals surface area (Å²) in [4.78, 5) is 11.8. The summed E-state index contributed by atoms with van der Waals surface area (Å²) in [6.45, 7) is 4.97. The molecular formula is C11H21ClN2O2S. The number of amides is 1. The van der Waals surface area contributed by atoms with Crippen molar-refractivity contribution in [2.24, 2.45) is 0 Å². The Hall–Kier alpha value is 0.0300. The van der Waals surface area contributed by atoms with Crippen LogP contribution in [0.25, 0.3) is 0 Å². The summed E-state index contributed by atoms with van der Waals surface area (Å²) < 4.78 is 5.51. The van der Waals surface area contributed by atoms with Crippen molar-refractivity contribution >= 4 is 30.1 Å². The van der Waals surface area contributed by atoms with E-state index in [1.165, 1.54) is 18.6 Å². The Morgan fingerprint density at radius 2 is 2.47 bits per heavy atom. The Labute approximate surface area is 113 Å². The fourth-order valence-corrected chi connectivity index (χ4v) is 3.35. The van der Waals surface area contributed by atoms with Crippen LogP contribution in [0.4, 0.5) is 0 Å². The number of carbonyl (C=O) groups is 1. The molecule has 0 aromatic heterocycles. The van der Waals surface area contributed by atoms with Crippen molar-refractivity contribution in [3.8, 4) is 0 Å². The summed E-state index contributed by atoms with van der Waals surface area (Å²) in [6, 6.07) is -0.163. The number of rotatable bonds is 3. The van der Waals surface area contributed by atoms with Crippen LogP contribution >= 0.6 is 24.2 Å². The van der Waals surface area contributed by atoms with E-state index in [0.717, 1.165) is 13.1 Å². The summed E-state index contributed by atoms with van der Waals surface area (Å²) in [5.41, 5.74) is 0. The molecular weight excluding hydrogens is 260 g/mol. The van der Waals surface area contributed by atoms with Gasteiger partial charge in [0, 0.05) is 17.8 Å². The van der Waals surface area contributed by atoms with Gasteiger partial charge in [0.1, 0.15) is 6.04 Å². The van der Waals surface area contributed by atoms with E-state index in [1.807, 2.05) is 11.8 Å². The van der Waals surface area contributed by atoms with Crippen molar-refractivity contribution in [1.82, 2.24) is 10.6 Å². The molecule has 2 N–H and O–H groups in total. The van der Waals surface area contributed by atoms with Crippen LogP contribution in [0.1, 0.15) is 19.8 Å². The monoisotopic (exact) mass is 280 g/mol. The van der Waals surface area contributed by atoms with Crippen LogP contribution in [0.2, 0.25) is 0 Å². The van der Waals surface area contributed by atoms with Gasteiger partial charge in [-0.25, -0.2) is 0 Å². The molecule has 0 aromatic carbocycles. The largest absolute Gasteiger partial charge is 0.378 e. The zero-order valence-corrected chi connectivity index (χ0v) is 11.8. The number of nitrogens with one attached hydrogen (secondary N) is 2. The lowest BCUT2D eigenvalue weighted by molar-refractivity contribution is -0.126. The van der Waals surface area contributed by atoms with Gasteiger partial charge in [-0.05, 0) is 25.5 Å². The van der Waals surface area contributed by atoms with Crippen molar-refractivity contribution in [1.29, 1.82) is 0 Å². The maximum Gasteiger partial charge on any atom is 0.239 e. The van der Waals surface area contributed by atoms with Gasteiger partial charge in [-0.3, -0.25) is 4.79 Å². The first-order valence-corrected chi connectivity index (χ1v) is 6.91. The highest BCUT2D eigenvalue weighted by molar-refractivity contribution is 8.00. The molecule has 0 aliphatic carbocycles. The molecule has 2 aliphatic heterocycles. The van der Waals surface area contributed by atoms with Crippen LogP contribution in [0.5, 0.6) is 0 Å². The topological polar surface area (TPSA) is 50.4 Å². The molecule has 1 amide bonds. The van der Waals surface area contributed by atoms with Crippen molar-refractivity contribution in [2.75, 3.05) is 32.1 Å². The number of thioether (sulfide) groups is 1. The van der Waals surface area contributed by atoms with Crippen LogP contribution in [0, 0.1) is 0 Å². The van der Waals surface area contributed by atoms with Crippen molar-refractivity contribution in [3.05, 3.63) is 0 Å². The van der Waals surface area contributed by atoms with E-state index in [9.17, 15) is 4.79 Å². The number of ether oxygens (including phenoxy) is 1. The van der Waals surface area contributed by atoms with E-state index in [-0.39, 0.29) is 29.1 Å². The smallest absolute Gasteiger partial charge is 0.239 e. The number of hydrogen-bond donors (Lipinski definition) is 2. The van der Waals surface area contributed by atoms with Crippen molar-refractivity contribution in [2.45, 2.75) is 30.6 Å². The standard InChI is InChI=1S/C11H20N2O2S.ClH/c1-11(3-2-6-16-11)8-13-10(14)9-7-15-5-4-12-9;/h9,12H,2-8H2,1H3,(H,13,14);1H. The predicted octanol–water partition coefficient (Wildman–Crippen LogP) is 0.798. The van der Waals surface area contributed by atoms with Crippen molar-refractivity contribution < 1.29 is 9.53 Å². The van der Waals surface area contributed by atoms with Gasteiger partial charge in [0.25, 0.3) is 0 Å². The number of carbonyl (C=O) groups excluding carboxylic acids is 1. The first kappa shape index (κ1) is 15.1. The molecule has 0 spiro atoms. The first-order valence-electron chi connectivity index (χ1n) is 5.92. The second-order valence-electron chi connectivity index (χ2n) is 4.70. The third kappa shape index (κ3) is 4.32. The Kier molecular flexibility index (Phi) is 6.06. The van der Waals surface area contributed by atoms with Crippen LogP contribution in [-0.4, -0.2) is 48.8 Å². The highest BCUT2D eigenvalue weighted by atomic mass is 35.5. The number of halogens is 1. The Morgan fingerprint density at radius 3 is 3.06 bits per heavy atom. The quantitative estimate of drug-likeness (QED) is 0.803. The van der Waals surface area contributed by atoms with E-state index >= 15 is 0 Å². The fourth-order valence-electron chi connectivity index (χ4n) is 2.11. The highest BCUT2D eigenvalue weighted by Crippen LogP contribution is 2.36. The molecule has 0 radical (unpaired) electrons. The van der Waals surface area contributed by atoms with Gasteiger partial charge in [0.15, 0.2) is 0 Å². The minimum absolute atomic E-state index is 0. The minimum atomic E-state index is -0.163. The van der Waals surface area contributed by atoms with Gasteiger partial charge in [0.05, 0.1) is 13.2 Å². The lowest BCUT2D eigenvalue weighted by Crippen LogP contribution is -2.53. The van der Waals surface area contributed by atoms with Crippen LogP contribution < -0.4 is 10.6 Å². The molecule has 100 valence electrons. The van der Waals surface area contributed by atoms with Gasteiger partial charge in [-0.15, -0.1) is 12.4 Å². The Morgan fingerprint density at radius 1 is 1.65 bits per heavy atom. The summed E-state index contributed by atoms with van der Waals surface area (Å²) in [5.74, 6) is 1.30. The molecule has 2 unspecified atom stereocenters. The molecule has 2 rings (SSSR count). The third-order valence-electron chi connectivity index (χ3n) is 3.18. The van der Waals surface area contributed by atoms with Crippen LogP contribution in [-0.2, 0) is 9.53 Å². The molecule has 2 aliphatic rings. The molecule has 0 aromatic rings. The maximum absolute atomic E-state index is 11.8. The zero-order chi connectivity index (χ0) is 11.4. The summed E-state index contributed by atoms with van der Waals surface area (Å²) in [5, 5.41) is 6.20. The molecule has 2 saturated heterocycles. The van der Waals surface area contributed by atoms with Crippen molar-refractivity contribution in [3.63, 3.8) is 0 Å². The van der Waals surface area contributed by atoms with Gasteiger partial charge >= 0.3 is 0 Å². The number of morpholine rings is 1. The average Bonchev–Trinajstić information content (AvgIpc) is 2.75.